The van der Waals surface area contributed by atoms with Crippen LogP contribution in [0.25, 0.3) is 123 Å². The van der Waals surface area contributed by atoms with Gasteiger partial charge < -0.3 is 4.42 Å². The van der Waals surface area contributed by atoms with Crippen LogP contribution in [-0.4, -0.2) is 24.9 Å². The summed E-state index contributed by atoms with van der Waals surface area (Å²) in [6.07, 6.45) is 0. The first-order valence-electron chi connectivity index (χ1n) is 23.6. The van der Waals surface area contributed by atoms with E-state index in [0.29, 0.717) is 23.3 Å². The van der Waals surface area contributed by atoms with Crippen molar-refractivity contribution in [2.45, 2.75) is 19.3 Å². The number of hydrogen-bond donors (Lipinski definition) is 0. The molecule has 0 bridgehead atoms. The molecule has 6 heteroatoms. The Kier molecular flexibility index (Phi) is 9.73. The highest BCUT2D eigenvalue weighted by molar-refractivity contribution is 6.05. The molecule has 0 saturated carbocycles. The summed E-state index contributed by atoms with van der Waals surface area (Å²) in [6.45, 7) is 4.62. The minimum absolute atomic E-state index is 0.0814. The highest BCUT2D eigenvalue weighted by Gasteiger charge is 2.35. The molecule has 6 nitrogen and oxygen atoms in total. The van der Waals surface area contributed by atoms with E-state index in [1.54, 1.807) is 0 Å². The van der Waals surface area contributed by atoms with Gasteiger partial charge in [-0.25, -0.2) is 24.9 Å². The highest BCUT2D eigenvalue weighted by Crippen LogP contribution is 2.49. The van der Waals surface area contributed by atoms with Crippen LogP contribution < -0.4 is 0 Å². The molecule has 0 unspecified atom stereocenters. The van der Waals surface area contributed by atoms with E-state index in [-0.39, 0.29) is 5.41 Å². The van der Waals surface area contributed by atoms with Crippen molar-refractivity contribution in [3.05, 3.63) is 236 Å². The summed E-state index contributed by atoms with van der Waals surface area (Å²) in [6, 6.07) is 78.0. The van der Waals surface area contributed by atoms with E-state index in [1.165, 1.54) is 22.3 Å². The third-order valence-corrected chi connectivity index (χ3v) is 13.8. The fourth-order valence-electron chi connectivity index (χ4n) is 10.1. The summed E-state index contributed by atoms with van der Waals surface area (Å²) in [5, 5.41) is 2.12. The van der Waals surface area contributed by atoms with Crippen molar-refractivity contribution in [2.24, 2.45) is 0 Å². The van der Waals surface area contributed by atoms with Crippen molar-refractivity contribution >= 4 is 21.9 Å². The van der Waals surface area contributed by atoms with Crippen molar-refractivity contribution in [1.82, 2.24) is 24.9 Å². The van der Waals surface area contributed by atoms with E-state index < -0.39 is 0 Å². The Morgan fingerprint density at radius 2 is 0.743 bits per heavy atom. The largest absolute Gasteiger partial charge is 0.456 e. The lowest BCUT2D eigenvalue weighted by Crippen LogP contribution is -2.14. The van der Waals surface area contributed by atoms with E-state index in [1.807, 2.05) is 48.5 Å². The first-order chi connectivity index (χ1) is 34.4. The molecule has 0 saturated heterocycles. The molecule has 70 heavy (non-hydrogen) atoms. The Balaban J connectivity index is 0.906. The molecule has 9 aromatic carbocycles. The van der Waals surface area contributed by atoms with Crippen LogP contribution in [0.2, 0.25) is 0 Å². The van der Waals surface area contributed by atoms with E-state index in [0.717, 1.165) is 89.0 Å². The second kappa shape index (κ2) is 16.6. The standard InChI is InChI=1S/C64H43N5O/c1-64(2)54-28-11-9-26-50(54)53-37-46(31-33-55(53)64)57-39-56(65-60(66-57)41-18-7-4-8-19-41)45-23-13-21-43(34-45)44-22-15-25-48(36-44)62-67-61(47-24-14-20-42(35-47)40-16-5-3-6-17-40)68-63(69-62)49-30-32-52-51-27-10-12-29-58(51)70-59(52)38-49/h3-39H,1-2H3. The maximum absolute atomic E-state index is 6.33. The van der Waals surface area contributed by atoms with Gasteiger partial charge in [0.15, 0.2) is 23.3 Å². The van der Waals surface area contributed by atoms with Crippen molar-refractivity contribution < 1.29 is 4.42 Å². The zero-order valence-electron chi connectivity index (χ0n) is 38.5. The van der Waals surface area contributed by atoms with Crippen LogP contribution in [0.5, 0.6) is 0 Å². The number of fused-ring (bicyclic) bond motifs is 6. The topological polar surface area (TPSA) is 77.6 Å². The molecule has 0 radical (unpaired) electrons. The number of nitrogens with zero attached hydrogens (tertiary/aromatic N) is 5. The lowest BCUT2D eigenvalue weighted by atomic mass is 9.82. The Morgan fingerprint density at radius 1 is 0.286 bits per heavy atom. The molecular formula is C64H43N5O. The van der Waals surface area contributed by atoms with Crippen molar-refractivity contribution in [3.63, 3.8) is 0 Å². The SMILES string of the molecule is CC1(C)c2ccccc2-c2cc(-c3cc(-c4cccc(-c5cccc(-c6nc(-c7cccc(-c8ccccc8)c7)nc(-c7ccc8c(c7)oc7ccccc78)n6)c5)c4)nc(-c4ccccc4)n3)ccc21. The third kappa shape index (κ3) is 7.25. The van der Waals surface area contributed by atoms with Crippen molar-refractivity contribution in [1.29, 1.82) is 0 Å². The lowest BCUT2D eigenvalue weighted by Gasteiger charge is -2.21. The van der Waals surface area contributed by atoms with E-state index in [9.17, 15) is 0 Å². The maximum Gasteiger partial charge on any atom is 0.164 e. The minimum Gasteiger partial charge on any atom is -0.456 e. The van der Waals surface area contributed by atoms with Crippen molar-refractivity contribution in [2.75, 3.05) is 0 Å². The molecule has 13 rings (SSSR count). The molecule has 0 atom stereocenters. The van der Waals surface area contributed by atoms with Gasteiger partial charge in [-0.1, -0.05) is 190 Å². The molecule has 0 N–H and O–H groups in total. The summed E-state index contributed by atoms with van der Waals surface area (Å²) in [5.74, 6) is 2.39. The Hall–Kier alpha value is -9.13. The predicted molar refractivity (Wildman–Crippen MR) is 284 cm³/mol. The molecule has 0 spiro atoms. The van der Waals surface area contributed by atoms with E-state index in [4.69, 9.17) is 29.3 Å². The fraction of sp³-hybridized carbons (Fsp3) is 0.0469. The summed E-state index contributed by atoms with van der Waals surface area (Å²) in [5.41, 5.74) is 18.3. The van der Waals surface area contributed by atoms with E-state index >= 15 is 0 Å². The zero-order valence-corrected chi connectivity index (χ0v) is 38.5. The van der Waals surface area contributed by atoms with Crippen LogP contribution >= 0.6 is 0 Å². The van der Waals surface area contributed by atoms with Crippen LogP contribution in [0, 0.1) is 0 Å². The minimum atomic E-state index is -0.0814. The number of para-hydroxylation sites is 1. The molecular weight excluding hydrogens is 855 g/mol. The fourth-order valence-corrected chi connectivity index (χ4v) is 10.1. The lowest BCUT2D eigenvalue weighted by molar-refractivity contribution is 0.660. The second-order valence-electron chi connectivity index (χ2n) is 18.5. The quantitative estimate of drug-likeness (QED) is 0.151. The number of rotatable bonds is 8. The average Bonchev–Trinajstić information content (AvgIpc) is 3.92. The Morgan fingerprint density at radius 3 is 1.43 bits per heavy atom. The van der Waals surface area contributed by atoms with Crippen LogP contribution in [-0.2, 0) is 5.41 Å². The predicted octanol–water partition coefficient (Wildman–Crippen LogP) is 16.2. The van der Waals surface area contributed by atoms with Gasteiger partial charge in [-0.3, -0.25) is 0 Å². The maximum atomic E-state index is 6.33. The summed E-state index contributed by atoms with van der Waals surface area (Å²) >= 11 is 0. The monoisotopic (exact) mass is 897 g/mol. The van der Waals surface area contributed by atoms with Gasteiger partial charge in [0, 0.05) is 49.6 Å². The van der Waals surface area contributed by atoms with Gasteiger partial charge in [-0.05, 0) is 93.0 Å². The molecule has 1 aliphatic carbocycles. The van der Waals surface area contributed by atoms with Gasteiger partial charge in [0.05, 0.1) is 11.4 Å². The molecule has 1 aliphatic rings. The van der Waals surface area contributed by atoms with Crippen LogP contribution in [0.15, 0.2) is 229 Å². The Labute approximate surface area is 405 Å². The van der Waals surface area contributed by atoms with Crippen LogP contribution in [0.1, 0.15) is 25.0 Å². The second-order valence-corrected chi connectivity index (χ2v) is 18.5. The molecule has 3 aromatic heterocycles. The zero-order chi connectivity index (χ0) is 46.8. The number of aromatic nitrogens is 5. The summed E-state index contributed by atoms with van der Waals surface area (Å²) in [7, 11) is 0. The first kappa shape index (κ1) is 41.1. The van der Waals surface area contributed by atoms with Crippen molar-refractivity contribution in [3.8, 4) is 101 Å². The Bertz CT molecular complexity index is 3990. The normalized spacial score (nSPS) is 12.5. The molecule has 3 heterocycles. The van der Waals surface area contributed by atoms with Gasteiger partial charge in [-0.2, -0.15) is 0 Å². The van der Waals surface area contributed by atoms with Crippen LogP contribution in [0.3, 0.4) is 0 Å². The molecule has 0 aliphatic heterocycles. The smallest absolute Gasteiger partial charge is 0.164 e. The van der Waals surface area contributed by atoms with E-state index in [2.05, 4.69) is 190 Å². The highest BCUT2D eigenvalue weighted by atomic mass is 16.3. The van der Waals surface area contributed by atoms with Gasteiger partial charge in [0.1, 0.15) is 11.2 Å². The third-order valence-electron chi connectivity index (χ3n) is 13.8. The first-order valence-corrected chi connectivity index (χ1v) is 23.6. The van der Waals surface area contributed by atoms with Crippen LogP contribution in [0.4, 0.5) is 0 Å². The summed E-state index contributed by atoms with van der Waals surface area (Å²) < 4.78 is 6.33. The molecule has 0 fully saturated rings. The van der Waals surface area contributed by atoms with Gasteiger partial charge >= 0.3 is 0 Å². The number of benzene rings is 9. The molecule has 0 amide bonds. The number of hydrogen-bond acceptors (Lipinski definition) is 6. The molecule has 330 valence electrons. The van der Waals surface area contributed by atoms with Gasteiger partial charge in [0.2, 0.25) is 0 Å². The molecule has 12 aromatic rings. The van der Waals surface area contributed by atoms with Gasteiger partial charge in [0.25, 0.3) is 0 Å². The summed E-state index contributed by atoms with van der Waals surface area (Å²) in [4.78, 5) is 25.9. The number of furan rings is 1. The average molecular weight is 898 g/mol. The van der Waals surface area contributed by atoms with Gasteiger partial charge in [-0.15, -0.1) is 0 Å².